The van der Waals surface area contributed by atoms with Crippen molar-refractivity contribution in [2.24, 2.45) is 0 Å². The number of nitrogen functional groups attached to an aromatic ring is 1. The number of likely N-dealkylation sites (tertiary alicyclic amines) is 1. The standard InChI is InChI=1S/C25H27N5O2/c1-15-7-8-16(2)30(15)14-22(31)17-9-10-21-20(11-17)23(28-25(26)27-21)24(32)29-12-18-5-3-4-6-19(18)13-29/h3-6,9-11,15-16H,7-8,12-14H2,1-2H3,(H2,26,27,28). The second-order valence-electron chi connectivity index (χ2n) is 8.96. The van der Waals surface area contributed by atoms with E-state index in [9.17, 15) is 9.59 Å². The first kappa shape index (κ1) is 20.6. The molecule has 0 radical (unpaired) electrons. The van der Waals surface area contributed by atoms with Gasteiger partial charge >= 0.3 is 0 Å². The van der Waals surface area contributed by atoms with Crippen LogP contribution in [0.4, 0.5) is 5.95 Å². The minimum absolute atomic E-state index is 0.0382. The number of ketones is 1. The molecular weight excluding hydrogens is 402 g/mol. The highest BCUT2D eigenvalue weighted by molar-refractivity contribution is 6.08. The van der Waals surface area contributed by atoms with E-state index in [0.29, 0.717) is 48.2 Å². The van der Waals surface area contributed by atoms with Crippen molar-refractivity contribution in [2.45, 2.75) is 51.9 Å². The molecule has 164 valence electrons. The molecular formula is C25H27N5O2. The monoisotopic (exact) mass is 429 g/mol. The molecule has 1 saturated heterocycles. The molecule has 0 bridgehead atoms. The van der Waals surface area contributed by atoms with Gasteiger partial charge in [0.05, 0.1) is 12.1 Å². The summed E-state index contributed by atoms with van der Waals surface area (Å²) in [7, 11) is 0. The fourth-order valence-electron chi connectivity index (χ4n) is 4.93. The van der Waals surface area contributed by atoms with Gasteiger partial charge in [-0.3, -0.25) is 14.5 Å². The first-order valence-electron chi connectivity index (χ1n) is 11.1. The lowest BCUT2D eigenvalue weighted by atomic mass is 10.0. The van der Waals surface area contributed by atoms with Crippen LogP contribution in [0.1, 0.15) is 58.7 Å². The zero-order valence-corrected chi connectivity index (χ0v) is 18.4. The molecule has 3 aromatic rings. The Morgan fingerprint density at radius 1 is 1.00 bits per heavy atom. The molecule has 0 saturated carbocycles. The lowest BCUT2D eigenvalue weighted by Gasteiger charge is -2.25. The first-order valence-corrected chi connectivity index (χ1v) is 11.1. The Morgan fingerprint density at radius 3 is 2.31 bits per heavy atom. The first-order chi connectivity index (χ1) is 15.4. The van der Waals surface area contributed by atoms with E-state index in [4.69, 9.17) is 5.73 Å². The minimum Gasteiger partial charge on any atom is -0.368 e. The van der Waals surface area contributed by atoms with E-state index < -0.39 is 0 Å². The summed E-state index contributed by atoms with van der Waals surface area (Å²) in [4.78, 5) is 39.1. The van der Waals surface area contributed by atoms with Crippen molar-refractivity contribution in [2.75, 3.05) is 12.3 Å². The highest BCUT2D eigenvalue weighted by Gasteiger charge is 2.30. The summed E-state index contributed by atoms with van der Waals surface area (Å²) in [5.74, 6) is -0.112. The maximum atomic E-state index is 13.4. The summed E-state index contributed by atoms with van der Waals surface area (Å²) >= 11 is 0. The third-order valence-corrected chi connectivity index (χ3v) is 6.83. The van der Waals surface area contributed by atoms with Gasteiger partial charge in [-0.1, -0.05) is 24.3 Å². The van der Waals surface area contributed by atoms with Gasteiger partial charge in [-0.2, -0.15) is 0 Å². The van der Waals surface area contributed by atoms with E-state index >= 15 is 0 Å². The van der Waals surface area contributed by atoms with Crippen LogP contribution in [0.5, 0.6) is 0 Å². The van der Waals surface area contributed by atoms with Gasteiger partial charge in [0.2, 0.25) is 5.95 Å². The maximum Gasteiger partial charge on any atom is 0.273 e. The van der Waals surface area contributed by atoms with Crippen molar-refractivity contribution in [3.05, 3.63) is 64.8 Å². The molecule has 2 aromatic carbocycles. The Labute approximate surface area is 187 Å². The van der Waals surface area contributed by atoms with Crippen molar-refractivity contribution in [3.63, 3.8) is 0 Å². The van der Waals surface area contributed by atoms with Crippen LogP contribution in [0.15, 0.2) is 42.5 Å². The number of benzene rings is 2. The number of carbonyl (C=O) groups is 2. The Bertz CT molecular complexity index is 1190. The SMILES string of the molecule is CC1CCC(C)N1CC(=O)c1ccc2nc(N)nc(C(=O)N3Cc4ccccc4C3)c2c1. The van der Waals surface area contributed by atoms with E-state index in [0.717, 1.165) is 24.0 Å². The topological polar surface area (TPSA) is 92.4 Å². The Balaban J connectivity index is 1.47. The molecule has 1 amide bonds. The van der Waals surface area contributed by atoms with Crippen LogP contribution in [-0.4, -0.2) is 50.1 Å². The normalized spacial score (nSPS) is 20.6. The number of hydrogen-bond donors (Lipinski definition) is 1. The number of anilines is 1. The lowest BCUT2D eigenvalue weighted by molar-refractivity contribution is 0.0747. The number of hydrogen-bond acceptors (Lipinski definition) is 6. The summed E-state index contributed by atoms with van der Waals surface area (Å²) in [5.41, 5.74) is 9.57. The third kappa shape index (κ3) is 3.62. The smallest absolute Gasteiger partial charge is 0.273 e. The number of Topliss-reactive ketones (excluding diaryl/α,β-unsaturated/α-hetero) is 1. The second-order valence-corrected chi connectivity index (χ2v) is 8.96. The van der Waals surface area contributed by atoms with Gasteiger partial charge in [0.1, 0.15) is 5.69 Å². The number of carbonyl (C=O) groups excluding carboxylic acids is 2. The van der Waals surface area contributed by atoms with E-state index in [1.807, 2.05) is 24.3 Å². The molecule has 7 nitrogen and oxygen atoms in total. The predicted octanol–water partition coefficient (Wildman–Crippen LogP) is 3.42. The molecule has 0 aliphatic carbocycles. The molecule has 2 aliphatic rings. The van der Waals surface area contributed by atoms with Crippen LogP contribution in [0.2, 0.25) is 0 Å². The van der Waals surface area contributed by atoms with Crippen molar-refractivity contribution in [3.8, 4) is 0 Å². The molecule has 2 aliphatic heterocycles. The number of fused-ring (bicyclic) bond motifs is 2. The molecule has 3 heterocycles. The average Bonchev–Trinajstić information content (AvgIpc) is 3.36. The molecule has 32 heavy (non-hydrogen) atoms. The molecule has 5 rings (SSSR count). The Kier molecular flexibility index (Phi) is 5.13. The zero-order chi connectivity index (χ0) is 22.4. The fourth-order valence-corrected chi connectivity index (χ4v) is 4.93. The van der Waals surface area contributed by atoms with Gasteiger partial charge in [0.15, 0.2) is 5.78 Å². The molecule has 7 heteroatoms. The lowest BCUT2D eigenvalue weighted by Crippen LogP contribution is -2.37. The van der Waals surface area contributed by atoms with Crippen LogP contribution >= 0.6 is 0 Å². The fraction of sp³-hybridized carbons (Fsp3) is 0.360. The van der Waals surface area contributed by atoms with E-state index in [2.05, 4.69) is 28.7 Å². The largest absolute Gasteiger partial charge is 0.368 e. The molecule has 1 fully saturated rings. The van der Waals surface area contributed by atoms with Crippen LogP contribution in [0.3, 0.4) is 0 Å². The predicted molar refractivity (Wildman–Crippen MR) is 123 cm³/mol. The van der Waals surface area contributed by atoms with Gasteiger partial charge < -0.3 is 10.6 Å². The van der Waals surface area contributed by atoms with Crippen LogP contribution < -0.4 is 5.73 Å². The Morgan fingerprint density at radius 2 is 1.66 bits per heavy atom. The number of nitrogens with zero attached hydrogens (tertiary/aromatic N) is 4. The number of aromatic nitrogens is 2. The van der Waals surface area contributed by atoms with Gasteiger partial charge in [-0.25, -0.2) is 9.97 Å². The van der Waals surface area contributed by atoms with Crippen molar-refractivity contribution in [1.29, 1.82) is 0 Å². The second kappa shape index (κ2) is 7.98. The van der Waals surface area contributed by atoms with Crippen LogP contribution in [-0.2, 0) is 13.1 Å². The third-order valence-electron chi connectivity index (χ3n) is 6.83. The maximum absolute atomic E-state index is 13.4. The molecule has 0 spiro atoms. The molecule has 1 aromatic heterocycles. The van der Waals surface area contributed by atoms with Crippen LogP contribution in [0.25, 0.3) is 10.9 Å². The number of rotatable bonds is 4. The quantitative estimate of drug-likeness (QED) is 0.639. The number of amides is 1. The minimum atomic E-state index is -0.202. The summed E-state index contributed by atoms with van der Waals surface area (Å²) in [5, 5.41) is 0.563. The molecule has 2 N–H and O–H groups in total. The highest BCUT2D eigenvalue weighted by atomic mass is 16.2. The summed E-state index contributed by atoms with van der Waals surface area (Å²) < 4.78 is 0. The summed E-state index contributed by atoms with van der Waals surface area (Å²) in [6.45, 7) is 5.76. The number of nitrogens with two attached hydrogens (primary N) is 1. The van der Waals surface area contributed by atoms with E-state index in [1.54, 1.807) is 23.1 Å². The van der Waals surface area contributed by atoms with Gasteiger partial charge in [-0.15, -0.1) is 0 Å². The van der Waals surface area contributed by atoms with Crippen molar-refractivity contribution < 1.29 is 9.59 Å². The summed E-state index contributed by atoms with van der Waals surface area (Å²) in [6.07, 6.45) is 2.21. The van der Waals surface area contributed by atoms with Crippen molar-refractivity contribution in [1.82, 2.24) is 19.8 Å². The van der Waals surface area contributed by atoms with Crippen LogP contribution in [0, 0.1) is 0 Å². The van der Waals surface area contributed by atoms with Crippen molar-refractivity contribution >= 4 is 28.5 Å². The van der Waals surface area contributed by atoms with E-state index in [-0.39, 0.29) is 23.3 Å². The van der Waals surface area contributed by atoms with Gasteiger partial charge in [0, 0.05) is 36.1 Å². The zero-order valence-electron chi connectivity index (χ0n) is 18.4. The summed E-state index contributed by atoms with van der Waals surface area (Å²) in [6, 6.07) is 14.1. The van der Waals surface area contributed by atoms with Gasteiger partial charge in [-0.05, 0) is 56.0 Å². The Hall–Kier alpha value is -3.32. The van der Waals surface area contributed by atoms with E-state index in [1.165, 1.54) is 0 Å². The molecule has 2 atom stereocenters. The molecule has 2 unspecified atom stereocenters. The average molecular weight is 430 g/mol. The van der Waals surface area contributed by atoms with Gasteiger partial charge in [0.25, 0.3) is 5.91 Å². The highest BCUT2D eigenvalue weighted by Crippen LogP contribution is 2.28.